The van der Waals surface area contributed by atoms with Gasteiger partial charge in [-0.05, 0) is 45.7 Å². The van der Waals surface area contributed by atoms with Crippen LogP contribution in [-0.4, -0.2) is 63.4 Å². The van der Waals surface area contributed by atoms with Crippen molar-refractivity contribution in [1.29, 1.82) is 0 Å². The Morgan fingerprint density at radius 3 is 2.56 bits per heavy atom. The second-order valence-electron chi connectivity index (χ2n) is 7.22. The number of piperidine rings is 2. The highest BCUT2D eigenvalue weighted by Gasteiger charge is 2.27. The molecule has 25 heavy (non-hydrogen) atoms. The van der Waals surface area contributed by atoms with Crippen LogP contribution >= 0.6 is 0 Å². The molecule has 0 spiro atoms. The molecule has 0 atom stereocenters. The van der Waals surface area contributed by atoms with Gasteiger partial charge in [0.25, 0.3) is 0 Å². The number of nitrogens with zero attached hydrogens (tertiary/aromatic N) is 6. The Balaban J connectivity index is 1.51. The molecular formula is C18H29N7. The zero-order chi connectivity index (χ0) is 17.2. The third-order valence-electron chi connectivity index (χ3n) is 5.58. The van der Waals surface area contributed by atoms with E-state index in [1.165, 1.54) is 45.2 Å². The molecule has 4 heterocycles. The molecule has 0 bridgehead atoms. The predicted molar refractivity (Wildman–Crippen MR) is 101 cm³/mol. The first-order valence-corrected chi connectivity index (χ1v) is 9.69. The molecule has 2 saturated heterocycles. The van der Waals surface area contributed by atoms with E-state index in [0.717, 1.165) is 48.5 Å². The lowest BCUT2D eigenvalue weighted by molar-refractivity contribution is 0.141. The van der Waals surface area contributed by atoms with Crippen LogP contribution in [0.5, 0.6) is 0 Å². The Kier molecular flexibility index (Phi) is 4.74. The van der Waals surface area contributed by atoms with Crippen LogP contribution in [0.15, 0.2) is 6.20 Å². The molecule has 7 nitrogen and oxygen atoms in total. The van der Waals surface area contributed by atoms with E-state index in [1.54, 1.807) is 0 Å². The predicted octanol–water partition coefficient (Wildman–Crippen LogP) is 2.25. The fourth-order valence-electron chi connectivity index (χ4n) is 4.17. The smallest absolute Gasteiger partial charge is 0.229 e. The normalized spacial score (nSPS) is 20.3. The summed E-state index contributed by atoms with van der Waals surface area (Å²) in [4.78, 5) is 14.6. The first kappa shape index (κ1) is 16.6. The van der Waals surface area contributed by atoms with Crippen molar-refractivity contribution in [2.24, 2.45) is 7.05 Å². The summed E-state index contributed by atoms with van der Waals surface area (Å²) in [7, 11) is 1.94. The molecule has 2 fully saturated rings. The van der Waals surface area contributed by atoms with E-state index >= 15 is 0 Å². The highest BCUT2D eigenvalue weighted by Crippen LogP contribution is 2.26. The first-order valence-electron chi connectivity index (χ1n) is 9.69. The van der Waals surface area contributed by atoms with Crippen LogP contribution in [0.3, 0.4) is 0 Å². The Bertz CT molecular complexity index is 712. The number of aromatic nitrogens is 4. The summed E-state index contributed by atoms with van der Waals surface area (Å²) in [5.41, 5.74) is 0.902. The van der Waals surface area contributed by atoms with E-state index < -0.39 is 0 Å². The van der Waals surface area contributed by atoms with Gasteiger partial charge in [0.05, 0.1) is 11.6 Å². The van der Waals surface area contributed by atoms with Gasteiger partial charge in [0.1, 0.15) is 5.82 Å². The molecule has 2 aliphatic rings. The van der Waals surface area contributed by atoms with Gasteiger partial charge in [-0.15, -0.1) is 0 Å². The summed E-state index contributed by atoms with van der Waals surface area (Å²) in [6.07, 6.45) is 8.41. The van der Waals surface area contributed by atoms with Gasteiger partial charge in [-0.2, -0.15) is 15.1 Å². The summed E-state index contributed by atoms with van der Waals surface area (Å²) in [5, 5.41) is 8.71. The van der Waals surface area contributed by atoms with Gasteiger partial charge in [-0.25, -0.2) is 0 Å². The molecule has 0 radical (unpaired) electrons. The van der Waals surface area contributed by atoms with Crippen molar-refractivity contribution in [3.63, 3.8) is 0 Å². The average Bonchev–Trinajstić information content (AvgIpc) is 3.04. The van der Waals surface area contributed by atoms with E-state index in [0.29, 0.717) is 0 Å². The summed E-state index contributed by atoms with van der Waals surface area (Å²) >= 11 is 0. The maximum Gasteiger partial charge on any atom is 0.229 e. The van der Waals surface area contributed by atoms with Gasteiger partial charge >= 0.3 is 0 Å². The van der Waals surface area contributed by atoms with Crippen molar-refractivity contribution in [2.75, 3.05) is 42.9 Å². The van der Waals surface area contributed by atoms with Crippen molar-refractivity contribution < 1.29 is 0 Å². The largest absolute Gasteiger partial charge is 0.370 e. The van der Waals surface area contributed by atoms with Crippen LogP contribution in [0.2, 0.25) is 0 Å². The summed E-state index contributed by atoms with van der Waals surface area (Å²) in [6, 6.07) is 0.741. The maximum absolute atomic E-state index is 4.80. The van der Waals surface area contributed by atoms with Crippen LogP contribution in [-0.2, 0) is 7.05 Å². The fourth-order valence-corrected chi connectivity index (χ4v) is 4.17. The first-order chi connectivity index (χ1) is 12.3. The van der Waals surface area contributed by atoms with E-state index in [1.807, 2.05) is 17.9 Å². The highest BCUT2D eigenvalue weighted by molar-refractivity contribution is 5.87. The minimum Gasteiger partial charge on any atom is -0.370 e. The number of likely N-dealkylation sites (tertiary alicyclic amines) is 1. The SMILES string of the molecule is CCNc1nc(N2CCC(N3CCCCC3)CC2)nc2c1cnn2C. The van der Waals surface area contributed by atoms with Gasteiger partial charge in [-0.3, -0.25) is 4.68 Å². The lowest BCUT2D eigenvalue weighted by Gasteiger charge is -2.40. The quantitative estimate of drug-likeness (QED) is 0.919. The highest BCUT2D eigenvalue weighted by atomic mass is 15.3. The van der Waals surface area contributed by atoms with Gasteiger partial charge < -0.3 is 15.1 Å². The maximum atomic E-state index is 4.80. The van der Waals surface area contributed by atoms with Crippen molar-refractivity contribution in [2.45, 2.75) is 45.1 Å². The molecule has 1 N–H and O–H groups in total. The zero-order valence-electron chi connectivity index (χ0n) is 15.4. The topological polar surface area (TPSA) is 62.1 Å². The van der Waals surface area contributed by atoms with Crippen LogP contribution < -0.4 is 10.2 Å². The van der Waals surface area contributed by atoms with Crippen LogP contribution in [0.25, 0.3) is 11.0 Å². The van der Waals surface area contributed by atoms with Crippen LogP contribution in [0.1, 0.15) is 39.0 Å². The van der Waals surface area contributed by atoms with Crippen molar-refractivity contribution >= 4 is 22.8 Å². The average molecular weight is 343 g/mol. The number of hydrogen-bond acceptors (Lipinski definition) is 6. The molecule has 2 aromatic heterocycles. The number of hydrogen-bond donors (Lipinski definition) is 1. The number of anilines is 2. The van der Waals surface area contributed by atoms with Gasteiger partial charge in [-0.1, -0.05) is 6.42 Å². The molecule has 4 rings (SSSR count). The third-order valence-corrected chi connectivity index (χ3v) is 5.58. The van der Waals surface area contributed by atoms with Crippen LogP contribution in [0, 0.1) is 0 Å². The standard InChI is InChI=1S/C18H29N7/c1-3-19-16-15-13-20-23(2)17(15)22-18(21-16)25-11-7-14(8-12-25)24-9-5-4-6-10-24/h13-14H,3-12H2,1-2H3,(H,19,21,22). The minimum absolute atomic E-state index is 0.741. The Morgan fingerprint density at radius 2 is 1.84 bits per heavy atom. The number of fused-ring (bicyclic) bond motifs is 1. The summed E-state index contributed by atoms with van der Waals surface area (Å²) < 4.78 is 1.84. The van der Waals surface area contributed by atoms with Crippen molar-refractivity contribution in [3.8, 4) is 0 Å². The molecule has 136 valence electrons. The molecule has 0 aliphatic carbocycles. The van der Waals surface area contributed by atoms with Crippen molar-refractivity contribution in [3.05, 3.63) is 6.20 Å². The monoisotopic (exact) mass is 343 g/mol. The second kappa shape index (κ2) is 7.15. The van der Waals surface area contributed by atoms with Gasteiger partial charge in [0.2, 0.25) is 5.95 Å². The Morgan fingerprint density at radius 1 is 1.08 bits per heavy atom. The molecule has 0 aromatic carbocycles. The summed E-state index contributed by atoms with van der Waals surface area (Å²) in [6.45, 7) is 7.58. The molecular weight excluding hydrogens is 314 g/mol. The molecule has 0 unspecified atom stereocenters. The molecule has 2 aromatic rings. The third kappa shape index (κ3) is 3.29. The van der Waals surface area contributed by atoms with E-state index in [4.69, 9.17) is 9.97 Å². The number of rotatable bonds is 4. The molecule has 2 aliphatic heterocycles. The second-order valence-corrected chi connectivity index (χ2v) is 7.22. The minimum atomic E-state index is 0.741. The lowest BCUT2D eigenvalue weighted by Crippen LogP contribution is -2.47. The molecule has 0 saturated carbocycles. The Hall–Kier alpha value is -1.89. The number of nitrogens with one attached hydrogen (secondary N) is 1. The van der Waals surface area contributed by atoms with Gasteiger partial charge in [0.15, 0.2) is 5.65 Å². The number of aryl methyl sites for hydroxylation is 1. The lowest BCUT2D eigenvalue weighted by atomic mass is 10.0. The van der Waals surface area contributed by atoms with Crippen molar-refractivity contribution in [1.82, 2.24) is 24.6 Å². The summed E-state index contributed by atoms with van der Waals surface area (Å²) in [5.74, 6) is 1.73. The van der Waals surface area contributed by atoms with Gasteiger partial charge in [0, 0.05) is 32.7 Å². The molecule has 7 heteroatoms. The zero-order valence-corrected chi connectivity index (χ0v) is 15.4. The van der Waals surface area contributed by atoms with E-state index in [-0.39, 0.29) is 0 Å². The van der Waals surface area contributed by atoms with Crippen LogP contribution in [0.4, 0.5) is 11.8 Å². The van der Waals surface area contributed by atoms with E-state index in [9.17, 15) is 0 Å². The fraction of sp³-hybridized carbons (Fsp3) is 0.722. The molecule has 0 amide bonds. The van der Waals surface area contributed by atoms with E-state index in [2.05, 4.69) is 27.1 Å². The Labute approximate surface area is 149 Å².